The van der Waals surface area contributed by atoms with Gasteiger partial charge < -0.3 is 20.9 Å². The molecule has 0 bridgehead atoms. The molecule has 3 rings (SSSR count). The zero-order chi connectivity index (χ0) is 20.5. The molecular formula is C22H28FN5O. The van der Waals surface area contributed by atoms with Crippen molar-refractivity contribution in [1.29, 1.82) is 0 Å². The van der Waals surface area contributed by atoms with Crippen LogP contribution < -0.4 is 16.0 Å². The Morgan fingerprint density at radius 3 is 2.66 bits per heavy atom. The van der Waals surface area contributed by atoms with E-state index < -0.39 is 0 Å². The van der Waals surface area contributed by atoms with Gasteiger partial charge in [-0.3, -0.25) is 0 Å². The van der Waals surface area contributed by atoms with E-state index in [1.165, 1.54) is 6.07 Å². The van der Waals surface area contributed by atoms with Crippen LogP contribution in [-0.2, 0) is 13.1 Å². The average Bonchev–Trinajstić information content (AvgIpc) is 3.26. The fourth-order valence-corrected chi connectivity index (χ4v) is 3.20. The Bertz CT molecular complexity index is 849. The molecule has 1 fully saturated rings. The number of rotatable bonds is 6. The molecule has 2 amide bonds. The van der Waals surface area contributed by atoms with Gasteiger partial charge in [-0.2, -0.15) is 0 Å². The highest BCUT2D eigenvalue weighted by molar-refractivity contribution is 5.89. The number of anilines is 1. The van der Waals surface area contributed by atoms with Crippen LogP contribution in [0.1, 0.15) is 30.9 Å². The fraction of sp³-hybridized carbons (Fsp3) is 0.364. The summed E-state index contributed by atoms with van der Waals surface area (Å²) < 4.78 is 13.8. The van der Waals surface area contributed by atoms with Crippen LogP contribution >= 0.6 is 0 Å². The molecule has 0 aliphatic carbocycles. The van der Waals surface area contributed by atoms with E-state index in [-0.39, 0.29) is 11.8 Å². The molecule has 1 heterocycles. The Balaban J connectivity index is 1.59. The zero-order valence-electron chi connectivity index (χ0n) is 16.7. The van der Waals surface area contributed by atoms with Gasteiger partial charge in [0.05, 0.1) is 6.54 Å². The number of aliphatic imine (C=N–C) groups is 1. The first kappa shape index (κ1) is 20.6. The lowest BCUT2D eigenvalue weighted by Gasteiger charge is -2.16. The van der Waals surface area contributed by atoms with Gasteiger partial charge in [-0.05, 0) is 43.5 Å². The van der Waals surface area contributed by atoms with Gasteiger partial charge in [0, 0.05) is 37.4 Å². The van der Waals surface area contributed by atoms with Crippen molar-refractivity contribution in [2.24, 2.45) is 4.99 Å². The fourth-order valence-electron chi connectivity index (χ4n) is 3.20. The molecule has 7 heteroatoms. The third-order valence-corrected chi connectivity index (χ3v) is 4.74. The minimum Gasteiger partial charge on any atom is -0.357 e. The molecular weight excluding hydrogens is 369 g/mol. The van der Waals surface area contributed by atoms with Crippen LogP contribution in [0.4, 0.5) is 14.9 Å². The Labute approximate surface area is 171 Å². The summed E-state index contributed by atoms with van der Waals surface area (Å²) in [4.78, 5) is 18.7. The lowest BCUT2D eigenvalue weighted by Crippen LogP contribution is -2.37. The van der Waals surface area contributed by atoms with E-state index in [1.54, 1.807) is 12.1 Å². The normalized spacial score (nSPS) is 14.0. The van der Waals surface area contributed by atoms with Crippen molar-refractivity contribution in [1.82, 2.24) is 15.5 Å². The molecule has 0 spiro atoms. The number of benzene rings is 2. The minimum atomic E-state index is -0.239. The van der Waals surface area contributed by atoms with Gasteiger partial charge in [-0.1, -0.05) is 30.3 Å². The summed E-state index contributed by atoms with van der Waals surface area (Å²) in [6.07, 6.45) is 2.13. The first-order valence-electron chi connectivity index (χ1n) is 10.1. The van der Waals surface area contributed by atoms with E-state index in [4.69, 9.17) is 0 Å². The lowest BCUT2D eigenvalue weighted by atomic mass is 10.2. The maximum absolute atomic E-state index is 13.8. The Morgan fingerprint density at radius 2 is 1.90 bits per heavy atom. The molecule has 6 nitrogen and oxygen atoms in total. The maximum Gasteiger partial charge on any atom is 0.321 e. The molecule has 3 N–H and O–H groups in total. The summed E-state index contributed by atoms with van der Waals surface area (Å²) in [6.45, 7) is 5.11. The third-order valence-electron chi connectivity index (χ3n) is 4.74. The van der Waals surface area contributed by atoms with Crippen LogP contribution in [0.2, 0.25) is 0 Å². The highest BCUT2D eigenvalue weighted by Crippen LogP contribution is 2.15. The second-order valence-electron chi connectivity index (χ2n) is 6.96. The number of amides is 2. The molecule has 2 aromatic rings. The largest absolute Gasteiger partial charge is 0.357 e. The molecule has 1 aliphatic heterocycles. The van der Waals surface area contributed by atoms with Gasteiger partial charge in [0.25, 0.3) is 0 Å². The van der Waals surface area contributed by atoms with E-state index >= 15 is 0 Å². The second-order valence-corrected chi connectivity index (χ2v) is 6.96. The van der Waals surface area contributed by atoms with Crippen molar-refractivity contribution in [3.63, 3.8) is 0 Å². The van der Waals surface area contributed by atoms with E-state index in [0.29, 0.717) is 31.2 Å². The smallest absolute Gasteiger partial charge is 0.321 e. The Morgan fingerprint density at radius 1 is 1.10 bits per heavy atom. The molecule has 1 aliphatic rings. The summed E-state index contributed by atoms with van der Waals surface area (Å²) in [5, 5.41) is 9.28. The maximum atomic E-state index is 13.8. The average molecular weight is 397 g/mol. The molecule has 0 saturated carbocycles. The standard InChI is InChI=1S/C22H28FN5O/c1-2-24-21(26-16-18-9-3-4-11-20(18)23)25-15-17-8-7-10-19(14-17)27-22(29)28-12-5-6-13-28/h3-4,7-11,14H,2,5-6,12-13,15-16H2,1H3,(H,27,29)(H2,24,25,26). The number of nitrogens with one attached hydrogen (secondary N) is 3. The van der Waals surface area contributed by atoms with Crippen LogP contribution in [0.25, 0.3) is 0 Å². The highest BCUT2D eigenvalue weighted by Gasteiger charge is 2.17. The molecule has 0 radical (unpaired) electrons. The SMILES string of the molecule is CCNC(=NCc1cccc(NC(=O)N2CCCC2)c1)NCc1ccccc1F. The first-order valence-corrected chi connectivity index (χ1v) is 10.1. The molecule has 154 valence electrons. The van der Waals surface area contributed by atoms with Gasteiger partial charge in [0.1, 0.15) is 5.82 Å². The van der Waals surface area contributed by atoms with Crippen molar-refractivity contribution >= 4 is 17.7 Å². The van der Waals surface area contributed by atoms with Crippen LogP contribution in [0.3, 0.4) is 0 Å². The summed E-state index contributed by atoms with van der Waals surface area (Å²) >= 11 is 0. The van der Waals surface area contributed by atoms with Gasteiger partial charge in [-0.25, -0.2) is 14.2 Å². The number of guanidine groups is 1. The number of hydrogen-bond acceptors (Lipinski definition) is 2. The van der Waals surface area contributed by atoms with E-state index in [0.717, 1.165) is 37.2 Å². The number of carbonyl (C=O) groups excluding carboxylic acids is 1. The van der Waals surface area contributed by atoms with Gasteiger partial charge in [-0.15, -0.1) is 0 Å². The Kier molecular flexibility index (Phi) is 7.44. The van der Waals surface area contributed by atoms with Gasteiger partial charge >= 0.3 is 6.03 Å². The molecule has 0 unspecified atom stereocenters. The topological polar surface area (TPSA) is 68.8 Å². The molecule has 29 heavy (non-hydrogen) atoms. The number of likely N-dealkylation sites (tertiary alicyclic amines) is 1. The van der Waals surface area contributed by atoms with Crippen molar-refractivity contribution in [3.05, 3.63) is 65.5 Å². The monoisotopic (exact) mass is 397 g/mol. The Hall–Kier alpha value is -3.09. The van der Waals surface area contributed by atoms with E-state index in [2.05, 4.69) is 20.9 Å². The van der Waals surface area contributed by atoms with Gasteiger partial charge in [0.15, 0.2) is 5.96 Å². The van der Waals surface area contributed by atoms with Crippen molar-refractivity contribution < 1.29 is 9.18 Å². The van der Waals surface area contributed by atoms with E-state index in [9.17, 15) is 9.18 Å². The second kappa shape index (κ2) is 10.5. The molecule has 0 aromatic heterocycles. The number of urea groups is 1. The summed E-state index contributed by atoms with van der Waals surface area (Å²) in [7, 11) is 0. The number of hydrogen-bond donors (Lipinski definition) is 3. The third kappa shape index (κ3) is 6.20. The molecule has 2 aromatic carbocycles. The quantitative estimate of drug-likeness (QED) is 0.514. The first-order chi connectivity index (χ1) is 14.2. The highest BCUT2D eigenvalue weighted by atomic mass is 19.1. The van der Waals surface area contributed by atoms with Gasteiger partial charge in [0.2, 0.25) is 0 Å². The van der Waals surface area contributed by atoms with Crippen molar-refractivity contribution in [3.8, 4) is 0 Å². The van der Waals surface area contributed by atoms with Crippen LogP contribution in [0.5, 0.6) is 0 Å². The predicted octanol–water partition coefficient (Wildman–Crippen LogP) is 3.71. The molecule has 0 atom stereocenters. The number of carbonyl (C=O) groups is 1. The predicted molar refractivity (Wildman–Crippen MR) is 114 cm³/mol. The molecule has 1 saturated heterocycles. The van der Waals surface area contributed by atoms with Crippen molar-refractivity contribution in [2.75, 3.05) is 25.0 Å². The van der Waals surface area contributed by atoms with Crippen LogP contribution in [0, 0.1) is 5.82 Å². The summed E-state index contributed by atoms with van der Waals surface area (Å²) in [5.41, 5.74) is 2.33. The minimum absolute atomic E-state index is 0.0527. The number of nitrogens with zero attached hydrogens (tertiary/aromatic N) is 2. The van der Waals surface area contributed by atoms with Crippen LogP contribution in [-0.4, -0.2) is 36.5 Å². The number of halogens is 1. The summed E-state index contributed by atoms with van der Waals surface area (Å²) in [6, 6.07) is 14.3. The van der Waals surface area contributed by atoms with E-state index in [1.807, 2.05) is 42.2 Å². The zero-order valence-corrected chi connectivity index (χ0v) is 16.7. The lowest BCUT2D eigenvalue weighted by molar-refractivity contribution is 0.222. The van der Waals surface area contributed by atoms with Crippen LogP contribution in [0.15, 0.2) is 53.5 Å². The van der Waals surface area contributed by atoms with Crippen molar-refractivity contribution in [2.45, 2.75) is 32.9 Å². The summed E-state index contributed by atoms with van der Waals surface area (Å²) in [5.74, 6) is 0.375.